The Morgan fingerprint density at radius 3 is 2.72 bits per heavy atom. The highest BCUT2D eigenvalue weighted by Crippen LogP contribution is 2.27. The third-order valence-electron chi connectivity index (χ3n) is 3.49. The van der Waals surface area contributed by atoms with Gasteiger partial charge < -0.3 is 10.2 Å². The van der Waals surface area contributed by atoms with Crippen LogP contribution in [0.15, 0.2) is 22.7 Å². The molecule has 1 N–H and O–H groups in total. The minimum Gasteiger partial charge on any atom is -0.371 e. The van der Waals surface area contributed by atoms with Crippen molar-refractivity contribution >= 4 is 21.6 Å². The molecule has 1 aromatic rings. The second-order valence-electron chi connectivity index (χ2n) is 5.00. The topological polar surface area (TPSA) is 15.3 Å². The molecule has 2 rings (SSSR count). The summed E-state index contributed by atoms with van der Waals surface area (Å²) in [4.78, 5) is 2.54. The highest BCUT2D eigenvalue weighted by atomic mass is 79.9. The average molecular weight is 311 g/mol. The molecule has 0 amide bonds. The number of rotatable bonds is 5. The summed E-state index contributed by atoms with van der Waals surface area (Å²) in [5, 5.41) is 3.51. The molecular weight excluding hydrogens is 288 g/mol. The predicted octanol–water partition coefficient (Wildman–Crippen LogP) is 3.94. The Morgan fingerprint density at radius 1 is 1.22 bits per heavy atom. The van der Waals surface area contributed by atoms with E-state index in [9.17, 15) is 0 Å². The van der Waals surface area contributed by atoms with Crippen molar-refractivity contribution in [2.45, 2.75) is 39.2 Å². The van der Waals surface area contributed by atoms with Gasteiger partial charge in [0.1, 0.15) is 0 Å². The fourth-order valence-corrected chi connectivity index (χ4v) is 2.86. The molecule has 2 nitrogen and oxygen atoms in total. The number of piperidine rings is 1. The molecule has 1 saturated heterocycles. The van der Waals surface area contributed by atoms with E-state index in [0.717, 1.165) is 13.1 Å². The van der Waals surface area contributed by atoms with Crippen LogP contribution in [0, 0.1) is 0 Å². The number of anilines is 1. The van der Waals surface area contributed by atoms with E-state index in [-0.39, 0.29) is 0 Å². The number of halogens is 1. The van der Waals surface area contributed by atoms with Crippen LogP contribution in [0.4, 0.5) is 5.69 Å². The van der Waals surface area contributed by atoms with E-state index in [4.69, 9.17) is 0 Å². The zero-order chi connectivity index (χ0) is 12.8. The SMILES string of the molecule is CCCNCc1ccc(Br)cc1N1CCCCC1. The maximum atomic E-state index is 3.60. The normalized spacial score (nSPS) is 16.0. The van der Waals surface area contributed by atoms with Crippen molar-refractivity contribution in [3.8, 4) is 0 Å². The van der Waals surface area contributed by atoms with Crippen LogP contribution in [0.3, 0.4) is 0 Å². The van der Waals surface area contributed by atoms with Gasteiger partial charge in [-0.2, -0.15) is 0 Å². The van der Waals surface area contributed by atoms with E-state index < -0.39 is 0 Å². The van der Waals surface area contributed by atoms with Crippen molar-refractivity contribution in [2.24, 2.45) is 0 Å². The van der Waals surface area contributed by atoms with Gasteiger partial charge in [-0.1, -0.05) is 28.9 Å². The lowest BCUT2D eigenvalue weighted by atomic mass is 10.1. The molecule has 1 aromatic carbocycles. The third-order valence-corrected chi connectivity index (χ3v) is 3.98. The largest absolute Gasteiger partial charge is 0.371 e. The van der Waals surface area contributed by atoms with Crippen LogP contribution in [0.5, 0.6) is 0 Å². The minimum absolute atomic E-state index is 0.979. The van der Waals surface area contributed by atoms with Gasteiger partial charge in [0.25, 0.3) is 0 Å². The first-order valence-electron chi connectivity index (χ1n) is 7.05. The van der Waals surface area contributed by atoms with Gasteiger partial charge in [0, 0.05) is 29.8 Å². The Bertz CT molecular complexity index is 373. The summed E-state index contributed by atoms with van der Waals surface area (Å²) in [6.45, 7) is 6.69. The number of nitrogens with one attached hydrogen (secondary N) is 1. The predicted molar refractivity (Wildman–Crippen MR) is 82.2 cm³/mol. The van der Waals surface area contributed by atoms with Gasteiger partial charge in [-0.15, -0.1) is 0 Å². The van der Waals surface area contributed by atoms with Gasteiger partial charge in [-0.3, -0.25) is 0 Å². The Labute approximate surface area is 119 Å². The summed E-state index contributed by atoms with van der Waals surface area (Å²) in [5.74, 6) is 0. The zero-order valence-electron chi connectivity index (χ0n) is 11.2. The van der Waals surface area contributed by atoms with Crippen LogP contribution in [0.2, 0.25) is 0 Å². The van der Waals surface area contributed by atoms with Crippen LogP contribution in [-0.4, -0.2) is 19.6 Å². The van der Waals surface area contributed by atoms with Crippen LogP contribution >= 0.6 is 15.9 Å². The van der Waals surface area contributed by atoms with Crippen molar-refractivity contribution in [1.82, 2.24) is 5.32 Å². The molecule has 0 aromatic heterocycles. The van der Waals surface area contributed by atoms with Crippen LogP contribution in [0.1, 0.15) is 38.2 Å². The molecule has 0 aliphatic carbocycles. The fraction of sp³-hybridized carbons (Fsp3) is 0.600. The molecule has 0 radical (unpaired) electrons. The maximum absolute atomic E-state index is 3.60. The lowest BCUT2D eigenvalue weighted by molar-refractivity contribution is 0.574. The average Bonchev–Trinajstić information content (AvgIpc) is 2.41. The molecule has 1 aliphatic heterocycles. The summed E-state index contributed by atoms with van der Waals surface area (Å²) >= 11 is 3.60. The fourth-order valence-electron chi connectivity index (χ4n) is 2.52. The van der Waals surface area contributed by atoms with E-state index in [1.807, 2.05) is 0 Å². The lowest BCUT2D eigenvalue weighted by Crippen LogP contribution is -2.31. The summed E-state index contributed by atoms with van der Waals surface area (Å²) in [5.41, 5.74) is 2.83. The number of hydrogen-bond acceptors (Lipinski definition) is 2. The Hall–Kier alpha value is -0.540. The molecular formula is C15H23BrN2. The summed E-state index contributed by atoms with van der Waals surface area (Å²) in [6, 6.07) is 6.67. The van der Waals surface area contributed by atoms with Gasteiger partial charge in [0.05, 0.1) is 0 Å². The minimum atomic E-state index is 0.979. The molecule has 1 heterocycles. The smallest absolute Gasteiger partial charge is 0.0423 e. The van der Waals surface area contributed by atoms with Crippen molar-refractivity contribution in [3.05, 3.63) is 28.2 Å². The molecule has 0 saturated carbocycles. The molecule has 0 unspecified atom stereocenters. The second-order valence-corrected chi connectivity index (χ2v) is 5.91. The highest BCUT2D eigenvalue weighted by Gasteiger charge is 2.14. The van der Waals surface area contributed by atoms with E-state index in [1.165, 1.54) is 54.5 Å². The van der Waals surface area contributed by atoms with Crippen molar-refractivity contribution in [3.63, 3.8) is 0 Å². The lowest BCUT2D eigenvalue weighted by Gasteiger charge is -2.31. The van der Waals surface area contributed by atoms with Crippen LogP contribution < -0.4 is 10.2 Å². The first kappa shape index (κ1) is 13.9. The van der Waals surface area contributed by atoms with Crippen LogP contribution in [-0.2, 0) is 6.54 Å². The molecule has 0 atom stereocenters. The first-order chi connectivity index (χ1) is 8.81. The molecule has 1 aliphatic rings. The Kier molecular flexibility index (Phi) is 5.51. The Balaban J connectivity index is 2.11. The van der Waals surface area contributed by atoms with E-state index in [1.54, 1.807) is 0 Å². The summed E-state index contributed by atoms with van der Waals surface area (Å²) in [6.07, 6.45) is 5.23. The van der Waals surface area contributed by atoms with Crippen molar-refractivity contribution < 1.29 is 0 Å². The van der Waals surface area contributed by atoms with Gasteiger partial charge >= 0.3 is 0 Å². The molecule has 3 heteroatoms. The zero-order valence-corrected chi connectivity index (χ0v) is 12.8. The van der Waals surface area contributed by atoms with Gasteiger partial charge in [-0.05, 0) is 49.9 Å². The standard InChI is InChI=1S/C15H23BrN2/c1-2-8-17-12-13-6-7-14(16)11-15(13)18-9-4-3-5-10-18/h6-7,11,17H,2-5,8-10,12H2,1H3. The molecule has 18 heavy (non-hydrogen) atoms. The quantitative estimate of drug-likeness (QED) is 0.829. The second kappa shape index (κ2) is 7.15. The number of hydrogen-bond donors (Lipinski definition) is 1. The maximum Gasteiger partial charge on any atom is 0.0423 e. The summed E-state index contributed by atoms with van der Waals surface area (Å²) in [7, 11) is 0. The van der Waals surface area contributed by atoms with Crippen molar-refractivity contribution in [1.29, 1.82) is 0 Å². The summed E-state index contributed by atoms with van der Waals surface area (Å²) < 4.78 is 1.18. The number of nitrogens with zero attached hydrogens (tertiary/aromatic N) is 1. The van der Waals surface area contributed by atoms with Gasteiger partial charge in [0.2, 0.25) is 0 Å². The monoisotopic (exact) mass is 310 g/mol. The van der Waals surface area contributed by atoms with Crippen molar-refractivity contribution in [2.75, 3.05) is 24.5 Å². The number of benzene rings is 1. The molecule has 0 spiro atoms. The third kappa shape index (κ3) is 3.72. The molecule has 0 bridgehead atoms. The van der Waals surface area contributed by atoms with E-state index in [2.05, 4.69) is 51.3 Å². The van der Waals surface area contributed by atoms with Gasteiger partial charge in [-0.25, -0.2) is 0 Å². The Morgan fingerprint density at radius 2 is 2.00 bits per heavy atom. The van der Waals surface area contributed by atoms with Gasteiger partial charge in [0.15, 0.2) is 0 Å². The van der Waals surface area contributed by atoms with E-state index >= 15 is 0 Å². The molecule has 100 valence electrons. The molecule has 1 fully saturated rings. The van der Waals surface area contributed by atoms with Crippen LogP contribution in [0.25, 0.3) is 0 Å². The van der Waals surface area contributed by atoms with E-state index in [0.29, 0.717) is 0 Å². The first-order valence-corrected chi connectivity index (χ1v) is 7.84. The highest BCUT2D eigenvalue weighted by molar-refractivity contribution is 9.10.